The number of hydrogen-bond acceptors (Lipinski definition) is 7. The van der Waals surface area contributed by atoms with Crippen LogP contribution in [0.15, 0.2) is 61.1 Å². The highest BCUT2D eigenvalue weighted by Crippen LogP contribution is 2.36. The van der Waals surface area contributed by atoms with E-state index in [0.717, 1.165) is 11.6 Å². The van der Waals surface area contributed by atoms with E-state index in [0.29, 0.717) is 61.9 Å². The van der Waals surface area contributed by atoms with Gasteiger partial charge in [0.25, 0.3) is 0 Å². The second kappa shape index (κ2) is 9.71. The van der Waals surface area contributed by atoms with Crippen LogP contribution in [0.4, 0.5) is 30.8 Å². The third-order valence-corrected chi connectivity index (χ3v) is 6.02. The fourth-order valence-corrected chi connectivity index (χ4v) is 4.20. The van der Waals surface area contributed by atoms with Crippen molar-refractivity contribution in [1.82, 2.24) is 15.0 Å². The van der Waals surface area contributed by atoms with Crippen LogP contribution in [0.25, 0.3) is 11.3 Å². The molecule has 11 heteroatoms. The van der Waals surface area contributed by atoms with Gasteiger partial charge in [-0.25, -0.2) is 9.97 Å². The van der Waals surface area contributed by atoms with E-state index in [2.05, 4.69) is 9.88 Å². The molecule has 2 aromatic heterocycles. The van der Waals surface area contributed by atoms with Gasteiger partial charge < -0.3 is 19.4 Å². The fourth-order valence-electron chi connectivity index (χ4n) is 4.01. The van der Waals surface area contributed by atoms with Crippen LogP contribution in [0.1, 0.15) is 5.56 Å². The molecule has 1 fully saturated rings. The number of alkyl halides is 3. The molecular weight excluding hydrogens is 481 g/mol. The highest BCUT2D eigenvalue weighted by atomic mass is 35.5. The van der Waals surface area contributed by atoms with Gasteiger partial charge in [0.05, 0.1) is 24.5 Å². The molecule has 0 bridgehead atoms. The van der Waals surface area contributed by atoms with E-state index in [1.807, 2.05) is 29.2 Å². The summed E-state index contributed by atoms with van der Waals surface area (Å²) in [5.41, 5.74) is 0.790. The monoisotopic (exact) mass is 502 g/mol. The Hall–Kier alpha value is -3.37. The summed E-state index contributed by atoms with van der Waals surface area (Å²) >= 11 is 6.21. The van der Waals surface area contributed by atoms with Gasteiger partial charge in [0.1, 0.15) is 11.6 Å². The Balaban J connectivity index is 1.47. The number of nitrogens with zero attached hydrogens (tertiary/aromatic N) is 6. The van der Waals surface area contributed by atoms with Gasteiger partial charge >= 0.3 is 6.18 Å². The third-order valence-electron chi connectivity index (χ3n) is 5.78. The average Bonchev–Trinajstić information content (AvgIpc) is 2.88. The molecule has 2 aliphatic rings. The summed E-state index contributed by atoms with van der Waals surface area (Å²) < 4.78 is 45.8. The first-order valence-corrected chi connectivity index (χ1v) is 11.5. The Morgan fingerprint density at radius 2 is 1.66 bits per heavy atom. The normalized spacial score (nSPS) is 16.6. The number of pyridine rings is 1. The third kappa shape index (κ3) is 5.18. The summed E-state index contributed by atoms with van der Waals surface area (Å²) in [6.07, 6.45) is 0.184. The molecule has 3 aromatic rings. The molecule has 0 saturated carbocycles. The summed E-state index contributed by atoms with van der Waals surface area (Å²) in [6, 6.07) is 11.6. The Morgan fingerprint density at radius 1 is 0.886 bits per heavy atom. The number of rotatable bonds is 4. The zero-order valence-corrected chi connectivity index (χ0v) is 19.4. The van der Waals surface area contributed by atoms with Crippen LogP contribution >= 0.6 is 11.6 Å². The fraction of sp³-hybridized carbons (Fsp3) is 0.292. The van der Waals surface area contributed by atoms with E-state index in [9.17, 15) is 13.2 Å². The molecule has 0 aliphatic carbocycles. The number of aromatic nitrogens is 3. The molecule has 0 amide bonds. The molecule has 0 spiro atoms. The lowest BCUT2D eigenvalue weighted by atomic mass is 10.1. The SMILES string of the molecule is FC(F)(F)c1cccnc1N1C=CN(c2cc(-c3cccc(Cl)c3)nc(N3CCOCC3)n2)CC1. The number of ether oxygens (including phenoxy) is 1. The van der Waals surface area contributed by atoms with E-state index in [-0.39, 0.29) is 5.82 Å². The van der Waals surface area contributed by atoms with E-state index in [1.165, 1.54) is 17.2 Å². The smallest absolute Gasteiger partial charge is 0.378 e. The van der Waals surface area contributed by atoms with Crippen molar-refractivity contribution in [2.24, 2.45) is 0 Å². The molecule has 1 saturated heterocycles. The second-order valence-electron chi connectivity index (χ2n) is 8.08. The lowest BCUT2D eigenvalue weighted by Gasteiger charge is -2.32. The van der Waals surface area contributed by atoms with E-state index in [4.69, 9.17) is 26.3 Å². The largest absolute Gasteiger partial charge is 0.419 e. The lowest BCUT2D eigenvalue weighted by molar-refractivity contribution is -0.137. The van der Waals surface area contributed by atoms with Crippen molar-refractivity contribution in [3.05, 3.63) is 71.6 Å². The Labute approximate surface area is 205 Å². The summed E-state index contributed by atoms with van der Waals surface area (Å²) in [4.78, 5) is 19.0. The van der Waals surface area contributed by atoms with Gasteiger partial charge in [-0.05, 0) is 24.3 Å². The molecule has 0 unspecified atom stereocenters. The predicted octanol–water partition coefficient (Wildman–Crippen LogP) is 4.85. The summed E-state index contributed by atoms with van der Waals surface area (Å²) in [5.74, 6) is 1.09. The van der Waals surface area contributed by atoms with Crippen LogP contribution in [-0.2, 0) is 10.9 Å². The van der Waals surface area contributed by atoms with E-state index >= 15 is 0 Å². The van der Waals surface area contributed by atoms with Crippen molar-refractivity contribution >= 4 is 29.2 Å². The number of halogens is 4. The van der Waals surface area contributed by atoms with Gasteiger partial charge in [0.15, 0.2) is 0 Å². The molecule has 0 radical (unpaired) electrons. The van der Waals surface area contributed by atoms with E-state index in [1.54, 1.807) is 18.5 Å². The quantitative estimate of drug-likeness (QED) is 0.505. The maximum absolute atomic E-state index is 13.5. The van der Waals surface area contributed by atoms with Gasteiger partial charge in [0, 0.05) is 61.4 Å². The zero-order chi connectivity index (χ0) is 24.4. The molecule has 1 aromatic carbocycles. The summed E-state index contributed by atoms with van der Waals surface area (Å²) in [5, 5.41) is 0.597. The van der Waals surface area contributed by atoms with Gasteiger partial charge in [0.2, 0.25) is 5.95 Å². The van der Waals surface area contributed by atoms with Crippen LogP contribution in [0.2, 0.25) is 5.02 Å². The molecule has 182 valence electrons. The van der Waals surface area contributed by atoms with Gasteiger partial charge in [-0.1, -0.05) is 23.7 Å². The summed E-state index contributed by atoms with van der Waals surface area (Å²) in [7, 11) is 0. The van der Waals surface area contributed by atoms with Crippen molar-refractivity contribution in [1.29, 1.82) is 0 Å². The molecule has 4 heterocycles. The van der Waals surface area contributed by atoms with Crippen molar-refractivity contribution in [3.8, 4) is 11.3 Å². The Morgan fingerprint density at radius 3 is 2.37 bits per heavy atom. The molecule has 0 atom stereocenters. The molecular formula is C24H22ClF3N6O. The van der Waals surface area contributed by atoms with Crippen molar-refractivity contribution in [3.63, 3.8) is 0 Å². The number of hydrogen-bond donors (Lipinski definition) is 0. The number of anilines is 3. The van der Waals surface area contributed by atoms with Gasteiger partial charge in [-0.3, -0.25) is 0 Å². The first-order valence-electron chi connectivity index (χ1n) is 11.1. The number of benzene rings is 1. The first kappa shape index (κ1) is 23.4. The van der Waals surface area contributed by atoms with Crippen molar-refractivity contribution in [2.45, 2.75) is 6.18 Å². The first-order chi connectivity index (χ1) is 16.9. The van der Waals surface area contributed by atoms with Crippen LogP contribution in [0.5, 0.6) is 0 Å². The lowest BCUT2D eigenvalue weighted by Crippen LogP contribution is -2.38. The minimum Gasteiger partial charge on any atom is -0.378 e. The Kier molecular flexibility index (Phi) is 6.48. The van der Waals surface area contributed by atoms with Gasteiger partial charge in [-0.2, -0.15) is 18.2 Å². The molecule has 35 heavy (non-hydrogen) atoms. The van der Waals surface area contributed by atoms with E-state index < -0.39 is 11.7 Å². The van der Waals surface area contributed by atoms with Crippen LogP contribution in [0.3, 0.4) is 0 Å². The topological polar surface area (TPSA) is 57.6 Å². The number of morpholine rings is 1. The maximum atomic E-state index is 13.5. The average molecular weight is 503 g/mol. The van der Waals surface area contributed by atoms with Crippen LogP contribution in [0, 0.1) is 0 Å². The second-order valence-corrected chi connectivity index (χ2v) is 8.51. The minimum absolute atomic E-state index is 0.118. The minimum atomic E-state index is -4.49. The molecule has 5 rings (SSSR count). The molecule has 7 nitrogen and oxygen atoms in total. The highest BCUT2D eigenvalue weighted by molar-refractivity contribution is 6.30. The molecule has 0 N–H and O–H groups in total. The highest BCUT2D eigenvalue weighted by Gasteiger charge is 2.35. The van der Waals surface area contributed by atoms with Crippen molar-refractivity contribution < 1.29 is 17.9 Å². The van der Waals surface area contributed by atoms with Crippen LogP contribution in [-0.4, -0.2) is 54.3 Å². The van der Waals surface area contributed by atoms with Crippen molar-refractivity contribution in [2.75, 3.05) is 54.1 Å². The van der Waals surface area contributed by atoms with Gasteiger partial charge in [-0.15, -0.1) is 0 Å². The van der Waals surface area contributed by atoms with Crippen LogP contribution < -0.4 is 14.7 Å². The molecule has 2 aliphatic heterocycles. The maximum Gasteiger partial charge on any atom is 0.419 e. The zero-order valence-electron chi connectivity index (χ0n) is 18.6. The standard InChI is InChI=1S/C24H22ClF3N6O/c25-18-4-1-3-17(15-18)20-16-21(31-23(30-20)34-11-13-35-14-12-34)32-7-9-33(10-8-32)22-19(24(26,27)28)5-2-6-29-22/h1-7,9,15-16H,8,10-14H2. The summed E-state index contributed by atoms with van der Waals surface area (Å²) in [6.45, 7) is 3.23. The Bertz CT molecular complexity index is 1230. The predicted molar refractivity (Wildman–Crippen MR) is 129 cm³/mol.